The molecule has 0 spiro atoms. The number of halogens is 9. The standard InChI is InChI=1S/C13H12BrF3.C12H21BO2.C7H3BrF3I/c14-12-7-6-10(13(15,16)17)8-11(12)9-4-2-1-3-5-9;1-11(2)12(3,4)15-13(14-11)10-8-6-5-7-9-10;8-5-2-1-4(3-6(5)12)7(9,10)11/h4,6-8H,1-3,5H2;8H,5-7,9H2,1-4H3;1-3H. The lowest BCUT2D eigenvalue weighted by Crippen LogP contribution is -2.41. The zero-order chi connectivity index (χ0) is 32.9. The first-order chi connectivity index (χ1) is 20.3. The van der Waals surface area contributed by atoms with Gasteiger partial charge in [0.1, 0.15) is 0 Å². The van der Waals surface area contributed by atoms with Crippen molar-refractivity contribution in [1.29, 1.82) is 0 Å². The van der Waals surface area contributed by atoms with E-state index in [0.717, 1.165) is 60.3 Å². The number of hydrogen-bond acceptors (Lipinski definition) is 2. The average Bonchev–Trinajstić information content (AvgIpc) is 3.17. The Kier molecular flexibility index (Phi) is 13.2. The van der Waals surface area contributed by atoms with Crippen LogP contribution in [-0.4, -0.2) is 18.3 Å². The van der Waals surface area contributed by atoms with E-state index in [9.17, 15) is 26.3 Å². The number of rotatable bonds is 2. The highest BCUT2D eigenvalue weighted by Crippen LogP contribution is 2.40. The molecule has 2 nitrogen and oxygen atoms in total. The molecule has 5 rings (SSSR count). The SMILES string of the molecule is CC1(C)OB(C2=CCCCC2)OC1(C)C.FC(F)(F)c1ccc(Br)c(C2=CCCCC2)c1.FC(F)(F)c1ccc(Br)c(I)c1. The summed E-state index contributed by atoms with van der Waals surface area (Å²) in [6.07, 6.45) is 4.71. The minimum absolute atomic E-state index is 0.102. The minimum Gasteiger partial charge on any atom is -0.400 e. The molecular formula is C32H36BBr2F6IO2. The molecule has 0 N–H and O–H groups in total. The number of allylic oxidation sites excluding steroid dienone is 4. The van der Waals surface area contributed by atoms with Crippen molar-refractivity contribution < 1.29 is 35.7 Å². The zero-order valence-electron chi connectivity index (χ0n) is 25.1. The van der Waals surface area contributed by atoms with Gasteiger partial charge in [-0.05, 0) is 171 Å². The van der Waals surface area contributed by atoms with E-state index in [1.54, 1.807) is 0 Å². The molecule has 2 aromatic rings. The fourth-order valence-corrected chi connectivity index (χ4v) is 6.04. The minimum atomic E-state index is -4.27. The molecule has 44 heavy (non-hydrogen) atoms. The molecule has 1 heterocycles. The zero-order valence-corrected chi connectivity index (χ0v) is 30.4. The first kappa shape index (κ1) is 37.6. The molecule has 2 aliphatic carbocycles. The Morgan fingerprint density at radius 3 is 1.66 bits per heavy atom. The molecule has 1 aliphatic heterocycles. The predicted molar refractivity (Wildman–Crippen MR) is 180 cm³/mol. The highest BCUT2D eigenvalue weighted by atomic mass is 127. The van der Waals surface area contributed by atoms with Crippen molar-refractivity contribution in [2.45, 2.75) is 103 Å². The fraction of sp³-hybridized carbons (Fsp3) is 0.500. The lowest BCUT2D eigenvalue weighted by atomic mass is 9.73. The monoisotopic (exact) mass is 862 g/mol. The van der Waals surface area contributed by atoms with Crippen LogP contribution in [0.25, 0.3) is 5.57 Å². The first-order valence-electron chi connectivity index (χ1n) is 14.4. The van der Waals surface area contributed by atoms with Crippen molar-refractivity contribution in [1.82, 2.24) is 0 Å². The summed E-state index contributed by atoms with van der Waals surface area (Å²) in [6.45, 7) is 8.43. The first-order valence-corrected chi connectivity index (χ1v) is 17.1. The van der Waals surface area contributed by atoms with Crippen LogP contribution in [0.1, 0.15) is 95.8 Å². The molecule has 0 unspecified atom stereocenters. The number of hydrogen-bond donors (Lipinski definition) is 0. The topological polar surface area (TPSA) is 18.5 Å². The van der Waals surface area contributed by atoms with Crippen LogP contribution in [0.3, 0.4) is 0 Å². The Bertz CT molecular complexity index is 1340. The summed E-state index contributed by atoms with van der Waals surface area (Å²) in [5.41, 5.74) is 1.46. The lowest BCUT2D eigenvalue weighted by Gasteiger charge is -2.32. The Morgan fingerprint density at radius 1 is 0.705 bits per heavy atom. The number of benzene rings is 2. The summed E-state index contributed by atoms with van der Waals surface area (Å²) in [5.74, 6) is 0. The van der Waals surface area contributed by atoms with E-state index in [-0.39, 0.29) is 18.3 Å². The molecule has 3 aliphatic rings. The second-order valence-electron chi connectivity index (χ2n) is 11.9. The fourth-order valence-electron chi connectivity index (χ4n) is 4.77. The third kappa shape index (κ3) is 10.3. The summed E-state index contributed by atoms with van der Waals surface area (Å²) in [5, 5.41) is 0. The average molecular weight is 864 g/mol. The van der Waals surface area contributed by atoms with Gasteiger partial charge in [0.05, 0.1) is 22.3 Å². The molecular weight excluding hydrogens is 828 g/mol. The van der Waals surface area contributed by atoms with Crippen LogP contribution in [0.15, 0.2) is 63.0 Å². The van der Waals surface area contributed by atoms with Crippen LogP contribution in [-0.2, 0) is 21.7 Å². The van der Waals surface area contributed by atoms with Gasteiger partial charge >= 0.3 is 19.5 Å². The van der Waals surface area contributed by atoms with E-state index in [4.69, 9.17) is 9.31 Å². The van der Waals surface area contributed by atoms with Crippen molar-refractivity contribution in [3.63, 3.8) is 0 Å². The summed E-state index contributed by atoms with van der Waals surface area (Å²) in [7, 11) is -0.102. The Morgan fingerprint density at radius 2 is 1.20 bits per heavy atom. The van der Waals surface area contributed by atoms with Gasteiger partial charge in [0.2, 0.25) is 0 Å². The van der Waals surface area contributed by atoms with Crippen LogP contribution in [0.2, 0.25) is 0 Å². The lowest BCUT2D eigenvalue weighted by molar-refractivity contribution is -0.138. The van der Waals surface area contributed by atoms with E-state index in [1.165, 1.54) is 42.9 Å². The molecule has 12 heteroatoms. The molecule has 2 aromatic carbocycles. The third-order valence-corrected chi connectivity index (χ3v) is 11.1. The van der Waals surface area contributed by atoms with E-state index >= 15 is 0 Å². The van der Waals surface area contributed by atoms with E-state index in [2.05, 4.69) is 65.6 Å². The molecule has 242 valence electrons. The van der Waals surface area contributed by atoms with Gasteiger partial charge in [0.25, 0.3) is 0 Å². The summed E-state index contributed by atoms with van der Waals surface area (Å²) in [6, 6.07) is 7.37. The highest BCUT2D eigenvalue weighted by Gasteiger charge is 2.52. The molecule has 0 atom stereocenters. The van der Waals surface area contributed by atoms with Gasteiger partial charge < -0.3 is 9.31 Å². The maximum absolute atomic E-state index is 12.6. The largest absolute Gasteiger partial charge is 0.490 e. The van der Waals surface area contributed by atoms with Crippen LogP contribution >= 0.6 is 54.5 Å². The van der Waals surface area contributed by atoms with Gasteiger partial charge in [-0.3, -0.25) is 0 Å². The third-order valence-electron chi connectivity index (χ3n) is 8.06. The molecule has 0 aromatic heterocycles. The van der Waals surface area contributed by atoms with Crippen molar-refractivity contribution >= 4 is 67.1 Å². The van der Waals surface area contributed by atoms with E-state index in [1.807, 2.05) is 28.7 Å². The normalized spacial score (nSPS) is 19.6. The van der Waals surface area contributed by atoms with Gasteiger partial charge in [-0.25, -0.2) is 0 Å². The maximum atomic E-state index is 12.6. The van der Waals surface area contributed by atoms with E-state index in [0.29, 0.717) is 13.6 Å². The highest BCUT2D eigenvalue weighted by molar-refractivity contribution is 14.1. The van der Waals surface area contributed by atoms with E-state index < -0.39 is 23.5 Å². The van der Waals surface area contributed by atoms with Crippen molar-refractivity contribution in [2.75, 3.05) is 0 Å². The summed E-state index contributed by atoms with van der Waals surface area (Å²) < 4.78 is 88.1. The predicted octanol–water partition coefficient (Wildman–Crippen LogP) is 12.6. The van der Waals surface area contributed by atoms with Gasteiger partial charge in [0.15, 0.2) is 0 Å². The molecule has 0 amide bonds. The maximum Gasteiger partial charge on any atom is 0.490 e. The summed E-state index contributed by atoms with van der Waals surface area (Å²) >= 11 is 8.29. The number of alkyl halides is 6. The molecule has 1 saturated heterocycles. The van der Waals surface area contributed by atoms with Crippen LogP contribution in [0.4, 0.5) is 26.3 Å². The molecule has 0 saturated carbocycles. The summed E-state index contributed by atoms with van der Waals surface area (Å²) in [4.78, 5) is 0. The Hall–Kier alpha value is -0.825. The Labute approximate surface area is 287 Å². The van der Waals surface area contributed by atoms with Crippen molar-refractivity contribution in [3.05, 3.63) is 83.2 Å². The second-order valence-corrected chi connectivity index (χ2v) is 14.8. The molecule has 0 radical (unpaired) electrons. The van der Waals surface area contributed by atoms with Crippen LogP contribution in [0, 0.1) is 3.57 Å². The van der Waals surface area contributed by atoms with Crippen molar-refractivity contribution in [3.8, 4) is 0 Å². The second kappa shape index (κ2) is 15.4. The van der Waals surface area contributed by atoms with Gasteiger partial charge in [-0.15, -0.1) is 0 Å². The molecule has 0 bridgehead atoms. The van der Waals surface area contributed by atoms with Gasteiger partial charge in [-0.1, -0.05) is 28.1 Å². The van der Waals surface area contributed by atoms with Gasteiger partial charge in [0, 0.05) is 12.5 Å². The smallest absolute Gasteiger partial charge is 0.400 e. The Balaban J connectivity index is 0.000000183. The van der Waals surface area contributed by atoms with Crippen LogP contribution in [0.5, 0.6) is 0 Å². The van der Waals surface area contributed by atoms with Crippen molar-refractivity contribution in [2.24, 2.45) is 0 Å². The molecule has 1 fully saturated rings. The van der Waals surface area contributed by atoms with Gasteiger partial charge in [-0.2, -0.15) is 26.3 Å². The van der Waals surface area contributed by atoms with Crippen LogP contribution < -0.4 is 0 Å². The quantitative estimate of drug-likeness (QED) is 0.170.